The van der Waals surface area contributed by atoms with Crippen molar-refractivity contribution in [3.05, 3.63) is 22.8 Å². The minimum atomic E-state index is -0.474. The second-order valence-corrected chi connectivity index (χ2v) is 5.69. The lowest BCUT2D eigenvalue weighted by Crippen LogP contribution is -2.48. The highest BCUT2D eigenvalue weighted by molar-refractivity contribution is 5.94. The first-order valence-corrected chi connectivity index (χ1v) is 5.91. The first kappa shape index (κ1) is 11.6. The SMILES string of the molecule is CC1=CC(=O)[C@@H]2CC(C)=C(C)C[C@]2(C)[C@@H]1O. The molecule has 0 aromatic heterocycles. The van der Waals surface area contributed by atoms with Crippen LogP contribution in [-0.4, -0.2) is 17.0 Å². The predicted molar refractivity (Wildman–Crippen MR) is 64.0 cm³/mol. The van der Waals surface area contributed by atoms with E-state index in [1.165, 1.54) is 11.1 Å². The lowest BCUT2D eigenvalue weighted by Gasteiger charge is -2.47. The average Bonchev–Trinajstić information content (AvgIpc) is 2.20. The van der Waals surface area contributed by atoms with Gasteiger partial charge in [0, 0.05) is 11.3 Å². The van der Waals surface area contributed by atoms with Crippen LogP contribution < -0.4 is 0 Å². The van der Waals surface area contributed by atoms with Gasteiger partial charge in [-0.15, -0.1) is 0 Å². The number of hydrogen-bond donors (Lipinski definition) is 1. The van der Waals surface area contributed by atoms with E-state index in [1.54, 1.807) is 6.08 Å². The zero-order valence-corrected chi connectivity index (χ0v) is 10.5. The topological polar surface area (TPSA) is 37.3 Å². The Balaban J connectivity index is 2.47. The van der Waals surface area contributed by atoms with Gasteiger partial charge in [-0.05, 0) is 45.3 Å². The molecule has 0 fully saturated rings. The molecule has 0 saturated heterocycles. The fourth-order valence-corrected chi connectivity index (χ4v) is 3.20. The number of carbonyl (C=O) groups is 1. The van der Waals surface area contributed by atoms with Crippen molar-refractivity contribution in [3.8, 4) is 0 Å². The molecule has 0 aromatic rings. The summed E-state index contributed by atoms with van der Waals surface area (Å²) in [6.45, 7) is 8.11. The van der Waals surface area contributed by atoms with E-state index in [2.05, 4.69) is 13.8 Å². The molecule has 0 unspecified atom stereocenters. The zero-order valence-electron chi connectivity index (χ0n) is 10.5. The van der Waals surface area contributed by atoms with E-state index in [0.29, 0.717) is 0 Å². The molecular formula is C14H20O2. The third-order valence-electron chi connectivity index (χ3n) is 4.45. The van der Waals surface area contributed by atoms with Crippen molar-refractivity contribution in [2.24, 2.45) is 11.3 Å². The molecule has 2 nitrogen and oxygen atoms in total. The van der Waals surface area contributed by atoms with Gasteiger partial charge in [0.15, 0.2) is 5.78 Å². The molecule has 2 aliphatic rings. The van der Waals surface area contributed by atoms with E-state index in [-0.39, 0.29) is 17.1 Å². The van der Waals surface area contributed by atoms with Crippen molar-refractivity contribution < 1.29 is 9.90 Å². The summed E-state index contributed by atoms with van der Waals surface area (Å²) in [4.78, 5) is 12.0. The molecule has 0 spiro atoms. The van der Waals surface area contributed by atoms with Crippen molar-refractivity contribution in [1.29, 1.82) is 0 Å². The van der Waals surface area contributed by atoms with E-state index >= 15 is 0 Å². The lowest BCUT2D eigenvalue weighted by atomic mass is 9.58. The largest absolute Gasteiger partial charge is 0.388 e. The van der Waals surface area contributed by atoms with Crippen LogP contribution in [0.3, 0.4) is 0 Å². The molecule has 88 valence electrons. The summed E-state index contributed by atoms with van der Waals surface area (Å²) in [5, 5.41) is 10.3. The van der Waals surface area contributed by atoms with Crippen LogP contribution in [0.5, 0.6) is 0 Å². The Kier molecular flexibility index (Phi) is 2.58. The van der Waals surface area contributed by atoms with Gasteiger partial charge in [-0.1, -0.05) is 18.1 Å². The monoisotopic (exact) mass is 220 g/mol. The second kappa shape index (κ2) is 3.56. The summed E-state index contributed by atoms with van der Waals surface area (Å²) in [7, 11) is 0. The molecule has 0 amide bonds. The van der Waals surface area contributed by atoms with Crippen molar-refractivity contribution in [3.63, 3.8) is 0 Å². The number of ketones is 1. The van der Waals surface area contributed by atoms with E-state index in [4.69, 9.17) is 0 Å². The predicted octanol–water partition coefficient (Wildman–Crippen LogP) is 2.63. The smallest absolute Gasteiger partial charge is 0.159 e. The minimum Gasteiger partial charge on any atom is -0.388 e. The maximum absolute atomic E-state index is 12.0. The van der Waals surface area contributed by atoms with Crippen LogP contribution in [0.15, 0.2) is 22.8 Å². The number of allylic oxidation sites excluding steroid dienone is 3. The van der Waals surface area contributed by atoms with Gasteiger partial charge in [0.2, 0.25) is 0 Å². The van der Waals surface area contributed by atoms with Crippen molar-refractivity contribution in [1.82, 2.24) is 0 Å². The van der Waals surface area contributed by atoms with Crippen LogP contribution in [0.4, 0.5) is 0 Å². The molecular weight excluding hydrogens is 200 g/mol. The number of fused-ring (bicyclic) bond motifs is 1. The van der Waals surface area contributed by atoms with Crippen LogP contribution in [0, 0.1) is 11.3 Å². The number of rotatable bonds is 0. The first-order chi connectivity index (χ1) is 7.36. The molecule has 1 N–H and O–H groups in total. The highest BCUT2D eigenvalue weighted by Gasteiger charge is 2.49. The molecule has 0 aliphatic heterocycles. The maximum Gasteiger partial charge on any atom is 0.159 e. The van der Waals surface area contributed by atoms with E-state index < -0.39 is 6.10 Å². The Labute approximate surface area is 97.0 Å². The summed E-state index contributed by atoms with van der Waals surface area (Å²) in [5.74, 6) is 0.159. The molecule has 3 atom stereocenters. The summed E-state index contributed by atoms with van der Waals surface area (Å²) in [6.07, 6.45) is 2.80. The molecule has 0 radical (unpaired) electrons. The highest BCUT2D eigenvalue weighted by Crippen LogP contribution is 2.50. The Bertz CT molecular complexity index is 403. The van der Waals surface area contributed by atoms with Gasteiger partial charge in [0.25, 0.3) is 0 Å². The van der Waals surface area contributed by atoms with Crippen molar-refractivity contribution in [2.75, 3.05) is 0 Å². The number of hydrogen-bond acceptors (Lipinski definition) is 2. The highest BCUT2D eigenvalue weighted by atomic mass is 16.3. The van der Waals surface area contributed by atoms with Gasteiger partial charge in [-0.3, -0.25) is 4.79 Å². The number of carbonyl (C=O) groups excluding carboxylic acids is 1. The molecule has 0 saturated carbocycles. The average molecular weight is 220 g/mol. The second-order valence-electron chi connectivity index (χ2n) is 5.69. The van der Waals surface area contributed by atoms with Gasteiger partial charge in [-0.25, -0.2) is 0 Å². The van der Waals surface area contributed by atoms with Gasteiger partial charge in [0.1, 0.15) is 0 Å². The summed E-state index contributed by atoms with van der Waals surface area (Å²) in [5.41, 5.74) is 3.17. The minimum absolute atomic E-state index is 0.0325. The Morgan fingerprint density at radius 2 is 1.94 bits per heavy atom. The van der Waals surface area contributed by atoms with Crippen molar-refractivity contribution >= 4 is 5.78 Å². The van der Waals surface area contributed by atoms with E-state index in [9.17, 15) is 9.90 Å². The fraction of sp³-hybridized carbons (Fsp3) is 0.643. The first-order valence-electron chi connectivity index (χ1n) is 5.91. The van der Waals surface area contributed by atoms with Gasteiger partial charge in [0.05, 0.1) is 6.10 Å². The van der Waals surface area contributed by atoms with E-state index in [0.717, 1.165) is 18.4 Å². The lowest BCUT2D eigenvalue weighted by molar-refractivity contribution is -0.127. The van der Waals surface area contributed by atoms with Crippen LogP contribution in [0.25, 0.3) is 0 Å². The molecule has 0 heterocycles. The Morgan fingerprint density at radius 3 is 2.56 bits per heavy atom. The quantitative estimate of drug-likeness (QED) is 0.637. The number of aliphatic hydroxyl groups excluding tert-OH is 1. The third-order valence-corrected chi connectivity index (χ3v) is 4.45. The molecule has 2 heteroatoms. The summed E-state index contributed by atoms with van der Waals surface area (Å²) >= 11 is 0. The Morgan fingerprint density at radius 1 is 1.31 bits per heavy atom. The standard InChI is InChI=1S/C14H20O2/c1-8-5-11-12(15)6-9(2)13(16)14(11,4)7-10(8)3/h6,11,13,16H,5,7H2,1-4H3/t11-,13+,14-/m0/s1. The molecule has 2 aliphatic carbocycles. The van der Waals surface area contributed by atoms with E-state index in [1.807, 2.05) is 13.8 Å². The maximum atomic E-state index is 12.0. The van der Waals surface area contributed by atoms with Crippen LogP contribution >= 0.6 is 0 Å². The Hall–Kier alpha value is -0.890. The third kappa shape index (κ3) is 1.47. The molecule has 2 rings (SSSR count). The van der Waals surface area contributed by atoms with Crippen LogP contribution in [0.1, 0.15) is 40.5 Å². The zero-order chi connectivity index (χ0) is 12.1. The summed E-state index contributed by atoms with van der Waals surface area (Å²) < 4.78 is 0. The van der Waals surface area contributed by atoms with Crippen LogP contribution in [0.2, 0.25) is 0 Å². The van der Waals surface area contributed by atoms with Crippen LogP contribution in [-0.2, 0) is 4.79 Å². The van der Waals surface area contributed by atoms with Gasteiger partial charge < -0.3 is 5.11 Å². The number of aliphatic hydroxyl groups is 1. The molecule has 0 bridgehead atoms. The molecule has 16 heavy (non-hydrogen) atoms. The molecule has 0 aromatic carbocycles. The normalized spacial score (nSPS) is 39.6. The van der Waals surface area contributed by atoms with Crippen molar-refractivity contribution in [2.45, 2.75) is 46.6 Å². The van der Waals surface area contributed by atoms with Gasteiger partial charge in [-0.2, -0.15) is 0 Å². The summed E-state index contributed by atoms with van der Waals surface area (Å²) in [6, 6.07) is 0. The van der Waals surface area contributed by atoms with Gasteiger partial charge >= 0.3 is 0 Å². The fourth-order valence-electron chi connectivity index (χ4n) is 3.20.